The highest BCUT2D eigenvalue weighted by atomic mass is 16.5. The molecule has 3 heterocycles. The van der Waals surface area contributed by atoms with E-state index in [-0.39, 0.29) is 11.9 Å². The number of benzene rings is 1. The molecule has 0 saturated carbocycles. The highest BCUT2D eigenvalue weighted by molar-refractivity contribution is 5.96. The van der Waals surface area contributed by atoms with Crippen LogP contribution in [0, 0.1) is 0 Å². The topological polar surface area (TPSA) is 46.3 Å². The number of hydrogen-bond acceptors (Lipinski definition) is 3. The second-order valence-electron chi connectivity index (χ2n) is 4.83. The van der Waals surface area contributed by atoms with E-state index in [4.69, 9.17) is 4.52 Å². The molecule has 18 heavy (non-hydrogen) atoms. The summed E-state index contributed by atoms with van der Waals surface area (Å²) in [5, 5.41) is 3.75. The lowest BCUT2D eigenvalue weighted by Gasteiger charge is -2.39. The van der Waals surface area contributed by atoms with Crippen LogP contribution in [0.1, 0.15) is 33.3 Å². The van der Waals surface area contributed by atoms with Crippen LogP contribution in [-0.2, 0) is 12.8 Å². The molecule has 1 aromatic heterocycles. The van der Waals surface area contributed by atoms with Crippen molar-refractivity contribution in [1.82, 2.24) is 10.1 Å². The van der Waals surface area contributed by atoms with Crippen molar-refractivity contribution in [3.8, 4) is 0 Å². The first kappa shape index (κ1) is 9.88. The minimum atomic E-state index is 0.0528. The molecule has 0 bridgehead atoms. The predicted molar refractivity (Wildman–Crippen MR) is 64.1 cm³/mol. The smallest absolute Gasteiger partial charge is 0.259 e. The van der Waals surface area contributed by atoms with Gasteiger partial charge in [-0.05, 0) is 17.5 Å². The maximum Gasteiger partial charge on any atom is 0.259 e. The average Bonchev–Trinajstić information content (AvgIpc) is 2.87. The van der Waals surface area contributed by atoms with E-state index in [0.29, 0.717) is 5.56 Å². The molecule has 4 nitrogen and oxygen atoms in total. The van der Waals surface area contributed by atoms with Gasteiger partial charge in [-0.2, -0.15) is 0 Å². The zero-order valence-electron chi connectivity index (χ0n) is 9.80. The van der Waals surface area contributed by atoms with Gasteiger partial charge < -0.3 is 9.42 Å². The number of rotatable bonds is 0. The van der Waals surface area contributed by atoms with E-state index in [1.807, 2.05) is 11.0 Å². The van der Waals surface area contributed by atoms with Gasteiger partial charge in [0, 0.05) is 13.0 Å². The van der Waals surface area contributed by atoms with Crippen molar-refractivity contribution in [2.45, 2.75) is 18.9 Å². The summed E-state index contributed by atoms with van der Waals surface area (Å²) in [5.74, 6) is 0.773. The Bertz CT molecular complexity index is 632. The molecule has 0 fully saturated rings. The van der Waals surface area contributed by atoms with E-state index in [1.165, 1.54) is 17.3 Å². The van der Waals surface area contributed by atoms with Crippen LogP contribution < -0.4 is 0 Å². The van der Waals surface area contributed by atoms with Gasteiger partial charge in [0.1, 0.15) is 5.56 Å². The molecule has 0 radical (unpaired) electrons. The van der Waals surface area contributed by atoms with Gasteiger partial charge in [0.15, 0.2) is 5.76 Å². The summed E-state index contributed by atoms with van der Waals surface area (Å²) in [4.78, 5) is 14.3. The molecule has 4 rings (SSSR count). The van der Waals surface area contributed by atoms with Crippen molar-refractivity contribution in [2.75, 3.05) is 6.54 Å². The third-order valence-corrected chi connectivity index (χ3v) is 3.93. The summed E-state index contributed by atoms with van der Waals surface area (Å²) in [6, 6.07) is 8.46. The van der Waals surface area contributed by atoms with Crippen LogP contribution in [0.25, 0.3) is 0 Å². The maximum atomic E-state index is 12.3. The zero-order chi connectivity index (χ0) is 12.1. The summed E-state index contributed by atoms with van der Waals surface area (Å²) in [7, 11) is 0. The second-order valence-corrected chi connectivity index (χ2v) is 4.83. The Balaban J connectivity index is 1.86. The normalized spacial score (nSPS) is 21.2. The molecule has 0 spiro atoms. The van der Waals surface area contributed by atoms with Gasteiger partial charge in [-0.25, -0.2) is 0 Å². The summed E-state index contributed by atoms with van der Waals surface area (Å²) >= 11 is 0. The number of aromatic nitrogens is 1. The molecule has 4 heteroatoms. The fraction of sp³-hybridized carbons (Fsp3) is 0.286. The van der Waals surface area contributed by atoms with Crippen LogP contribution in [0.2, 0.25) is 0 Å². The molecule has 90 valence electrons. The van der Waals surface area contributed by atoms with Crippen LogP contribution in [0.5, 0.6) is 0 Å². The van der Waals surface area contributed by atoms with Crippen molar-refractivity contribution >= 4 is 5.91 Å². The number of hydrogen-bond donors (Lipinski definition) is 0. The molecular weight excluding hydrogens is 228 g/mol. The van der Waals surface area contributed by atoms with Gasteiger partial charge in [0.2, 0.25) is 0 Å². The lowest BCUT2D eigenvalue weighted by atomic mass is 9.86. The van der Waals surface area contributed by atoms with Crippen LogP contribution in [-0.4, -0.2) is 22.5 Å². The van der Waals surface area contributed by atoms with Gasteiger partial charge in [-0.1, -0.05) is 29.4 Å². The first-order valence-electron chi connectivity index (χ1n) is 6.17. The minimum Gasteiger partial charge on any atom is -0.360 e. The Morgan fingerprint density at radius 3 is 3.17 bits per heavy atom. The third kappa shape index (κ3) is 1.20. The summed E-state index contributed by atoms with van der Waals surface area (Å²) in [6.45, 7) is 0.783. The Labute approximate surface area is 104 Å². The molecule has 0 N–H and O–H groups in total. The van der Waals surface area contributed by atoms with Gasteiger partial charge in [-0.3, -0.25) is 4.79 Å². The van der Waals surface area contributed by atoms with Crippen LogP contribution >= 0.6 is 0 Å². The van der Waals surface area contributed by atoms with Crippen molar-refractivity contribution in [3.05, 3.63) is 52.9 Å². The monoisotopic (exact) mass is 240 g/mol. The van der Waals surface area contributed by atoms with E-state index in [2.05, 4.69) is 23.4 Å². The molecule has 0 saturated heterocycles. The van der Waals surface area contributed by atoms with E-state index in [1.54, 1.807) is 0 Å². The third-order valence-electron chi connectivity index (χ3n) is 3.93. The number of carbonyl (C=O) groups is 1. The molecular formula is C14H12N2O2. The van der Waals surface area contributed by atoms with Crippen molar-refractivity contribution < 1.29 is 9.32 Å². The van der Waals surface area contributed by atoms with Crippen LogP contribution in [0.4, 0.5) is 0 Å². The van der Waals surface area contributed by atoms with Gasteiger partial charge in [-0.15, -0.1) is 0 Å². The average molecular weight is 240 g/mol. The Hall–Kier alpha value is -2.10. The SMILES string of the molecule is O=C1c2cnoc2CC2c3ccccc3CCN12. The zero-order valence-corrected chi connectivity index (χ0v) is 9.80. The number of amides is 1. The fourth-order valence-electron chi connectivity index (χ4n) is 3.03. The summed E-state index contributed by atoms with van der Waals surface area (Å²) in [6.07, 6.45) is 3.20. The Morgan fingerprint density at radius 1 is 1.33 bits per heavy atom. The second kappa shape index (κ2) is 3.45. The summed E-state index contributed by atoms with van der Waals surface area (Å²) < 4.78 is 5.19. The number of nitrogens with zero attached hydrogens (tertiary/aromatic N) is 2. The number of carbonyl (C=O) groups excluding carboxylic acids is 1. The molecule has 1 amide bonds. The maximum absolute atomic E-state index is 12.3. The Morgan fingerprint density at radius 2 is 2.22 bits per heavy atom. The molecule has 0 aliphatic carbocycles. The molecule has 2 aliphatic heterocycles. The van der Waals surface area contributed by atoms with Gasteiger partial charge in [0.05, 0.1) is 12.2 Å². The van der Waals surface area contributed by atoms with E-state index in [9.17, 15) is 4.79 Å². The highest BCUT2D eigenvalue weighted by Crippen LogP contribution is 2.37. The van der Waals surface area contributed by atoms with Crippen LogP contribution in [0.3, 0.4) is 0 Å². The standard InChI is InChI=1S/C14H12N2O2/c17-14-11-8-15-18-13(11)7-12-10-4-2-1-3-9(10)5-6-16(12)14/h1-4,8,12H,5-7H2. The first-order valence-corrected chi connectivity index (χ1v) is 6.17. The van der Waals surface area contributed by atoms with Crippen molar-refractivity contribution in [2.24, 2.45) is 0 Å². The Kier molecular flexibility index (Phi) is 1.89. The van der Waals surface area contributed by atoms with Crippen LogP contribution in [0.15, 0.2) is 35.0 Å². The quantitative estimate of drug-likeness (QED) is 0.707. The lowest BCUT2D eigenvalue weighted by molar-refractivity contribution is 0.0617. The van der Waals surface area contributed by atoms with Crippen molar-refractivity contribution in [3.63, 3.8) is 0 Å². The largest absolute Gasteiger partial charge is 0.360 e. The highest BCUT2D eigenvalue weighted by Gasteiger charge is 2.38. The molecule has 1 atom stereocenters. The van der Waals surface area contributed by atoms with E-state index >= 15 is 0 Å². The lowest BCUT2D eigenvalue weighted by Crippen LogP contribution is -2.43. The molecule has 2 aromatic rings. The minimum absolute atomic E-state index is 0.0528. The first-order chi connectivity index (χ1) is 8.84. The fourth-order valence-corrected chi connectivity index (χ4v) is 3.03. The van der Waals surface area contributed by atoms with E-state index < -0.39 is 0 Å². The summed E-state index contributed by atoms with van der Waals surface area (Å²) in [5.41, 5.74) is 3.22. The predicted octanol–water partition coefficient (Wildman–Crippen LogP) is 1.97. The van der Waals surface area contributed by atoms with Gasteiger partial charge in [0.25, 0.3) is 5.91 Å². The molecule has 1 unspecified atom stereocenters. The number of fused-ring (bicyclic) bond motifs is 4. The molecule has 1 aromatic carbocycles. The van der Waals surface area contributed by atoms with E-state index in [0.717, 1.165) is 25.1 Å². The van der Waals surface area contributed by atoms with Gasteiger partial charge >= 0.3 is 0 Å². The van der Waals surface area contributed by atoms with Crippen molar-refractivity contribution in [1.29, 1.82) is 0 Å². The molecule has 2 aliphatic rings.